The van der Waals surface area contributed by atoms with Crippen LogP contribution in [0.2, 0.25) is 0 Å². The van der Waals surface area contributed by atoms with Crippen molar-refractivity contribution in [2.45, 2.75) is 31.8 Å². The average Bonchev–Trinajstić information content (AvgIpc) is 2.39. The molecule has 0 bridgehead atoms. The van der Waals surface area contributed by atoms with Crippen molar-refractivity contribution in [1.29, 1.82) is 0 Å². The summed E-state index contributed by atoms with van der Waals surface area (Å²) >= 11 is 5.68. The van der Waals surface area contributed by atoms with Gasteiger partial charge in [-0.15, -0.1) is 11.6 Å². The van der Waals surface area contributed by atoms with E-state index < -0.39 is 6.10 Å². The maximum absolute atomic E-state index is 11.7. The Balaban J connectivity index is 2.22. The first-order valence-corrected chi connectivity index (χ1v) is 6.67. The molecule has 1 heterocycles. The number of aromatic nitrogens is 1. The minimum atomic E-state index is -0.861. The molecule has 96 valence electrons. The first kappa shape index (κ1) is 13.2. The minimum absolute atomic E-state index is 0.0384. The fraction of sp³-hybridized carbons (Fsp3) is 0.429. The predicted octanol–water partition coefficient (Wildman–Crippen LogP) is 2.58. The Bertz CT molecular complexity index is 471. The van der Waals surface area contributed by atoms with Gasteiger partial charge in [0, 0.05) is 35.8 Å². The van der Waals surface area contributed by atoms with E-state index in [0.29, 0.717) is 29.9 Å². The summed E-state index contributed by atoms with van der Waals surface area (Å²) in [6.45, 7) is 0. The topological polar surface area (TPSA) is 50.2 Å². The molecule has 0 saturated carbocycles. The van der Waals surface area contributed by atoms with Gasteiger partial charge >= 0.3 is 0 Å². The van der Waals surface area contributed by atoms with E-state index in [0.717, 1.165) is 18.4 Å². The summed E-state index contributed by atoms with van der Waals surface area (Å²) in [5, 5.41) is 10.2. The van der Waals surface area contributed by atoms with Crippen molar-refractivity contribution in [2.24, 2.45) is 0 Å². The minimum Gasteiger partial charge on any atom is -0.383 e. The van der Waals surface area contributed by atoms with E-state index in [1.54, 1.807) is 12.4 Å². The highest BCUT2D eigenvalue weighted by Crippen LogP contribution is 2.27. The summed E-state index contributed by atoms with van der Waals surface area (Å²) in [4.78, 5) is 15.8. The molecule has 1 N–H and O–H groups in total. The van der Waals surface area contributed by atoms with Crippen molar-refractivity contribution in [3.8, 4) is 0 Å². The summed E-state index contributed by atoms with van der Waals surface area (Å²) in [6, 6.07) is 1.86. The van der Waals surface area contributed by atoms with Crippen LogP contribution in [-0.2, 0) is 11.2 Å². The van der Waals surface area contributed by atoms with E-state index in [2.05, 4.69) is 4.98 Å². The second kappa shape index (κ2) is 6.12. The van der Waals surface area contributed by atoms with Crippen LogP contribution < -0.4 is 0 Å². The molecular weight excluding hydrogens is 250 g/mol. The third-order valence-electron chi connectivity index (χ3n) is 3.10. The van der Waals surface area contributed by atoms with Crippen LogP contribution in [0.3, 0.4) is 0 Å². The number of halogens is 1. The van der Waals surface area contributed by atoms with Crippen LogP contribution in [0.1, 0.15) is 36.5 Å². The molecule has 0 fully saturated rings. The van der Waals surface area contributed by atoms with Crippen LogP contribution in [0.4, 0.5) is 0 Å². The number of allylic oxidation sites excluding steroid dienone is 1. The molecule has 1 unspecified atom stereocenters. The zero-order valence-electron chi connectivity index (χ0n) is 10.1. The average molecular weight is 266 g/mol. The van der Waals surface area contributed by atoms with E-state index in [1.807, 2.05) is 12.1 Å². The number of aliphatic hydroxyl groups is 1. The Labute approximate surface area is 111 Å². The Kier molecular flexibility index (Phi) is 4.50. The lowest BCUT2D eigenvalue weighted by atomic mass is 9.91. The van der Waals surface area contributed by atoms with Crippen LogP contribution in [0, 0.1) is 0 Å². The van der Waals surface area contributed by atoms with E-state index in [9.17, 15) is 9.90 Å². The molecule has 4 heteroatoms. The molecule has 18 heavy (non-hydrogen) atoms. The van der Waals surface area contributed by atoms with Gasteiger partial charge in [0.25, 0.3) is 0 Å². The lowest BCUT2D eigenvalue weighted by Crippen LogP contribution is -2.15. The zero-order valence-corrected chi connectivity index (χ0v) is 10.9. The second-order valence-electron chi connectivity index (χ2n) is 4.44. The number of aliphatic hydroxyl groups excluding tert-OH is 1. The van der Waals surface area contributed by atoms with Gasteiger partial charge in [-0.1, -0.05) is 6.08 Å². The van der Waals surface area contributed by atoms with Crippen LogP contribution >= 0.6 is 11.6 Å². The highest BCUT2D eigenvalue weighted by atomic mass is 35.5. The van der Waals surface area contributed by atoms with Crippen molar-refractivity contribution in [2.75, 3.05) is 5.88 Å². The van der Waals surface area contributed by atoms with Crippen LogP contribution in [0.15, 0.2) is 30.1 Å². The number of rotatable bonds is 4. The van der Waals surface area contributed by atoms with E-state index >= 15 is 0 Å². The fourth-order valence-corrected chi connectivity index (χ4v) is 2.34. The van der Waals surface area contributed by atoms with E-state index in [4.69, 9.17) is 11.6 Å². The van der Waals surface area contributed by atoms with Gasteiger partial charge in [-0.25, -0.2) is 0 Å². The lowest BCUT2D eigenvalue weighted by molar-refractivity contribution is -0.117. The Morgan fingerprint density at radius 3 is 3.00 bits per heavy atom. The molecular formula is C14H16ClNO2. The third-order valence-corrected chi connectivity index (χ3v) is 3.29. The van der Waals surface area contributed by atoms with Crippen molar-refractivity contribution in [1.82, 2.24) is 4.98 Å². The quantitative estimate of drug-likeness (QED) is 0.852. The Hall–Kier alpha value is -1.19. The van der Waals surface area contributed by atoms with Crippen LogP contribution in [0.5, 0.6) is 0 Å². The number of nitrogens with zero attached hydrogens (tertiary/aromatic N) is 1. The van der Waals surface area contributed by atoms with Gasteiger partial charge < -0.3 is 5.11 Å². The van der Waals surface area contributed by atoms with Gasteiger partial charge in [0.1, 0.15) is 6.10 Å². The normalized spacial score (nSPS) is 17.4. The largest absolute Gasteiger partial charge is 0.383 e. The summed E-state index contributed by atoms with van der Waals surface area (Å²) in [5.74, 6) is 0.555. The van der Waals surface area contributed by atoms with Gasteiger partial charge in [-0.05, 0) is 30.9 Å². The number of carbonyl (C=O) groups excluding carboxylic acids is 1. The first-order chi connectivity index (χ1) is 8.72. The maximum atomic E-state index is 11.7. The van der Waals surface area contributed by atoms with E-state index in [-0.39, 0.29) is 5.78 Å². The highest BCUT2D eigenvalue weighted by molar-refractivity contribution is 6.17. The van der Waals surface area contributed by atoms with Gasteiger partial charge in [0.2, 0.25) is 0 Å². The number of pyridine rings is 1. The van der Waals surface area contributed by atoms with Crippen molar-refractivity contribution >= 4 is 17.4 Å². The summed E-state index contributed by atoms with van der Waals surface area (Å²) < 4.78 is 0. The number of ketones is 1. The van der Waals surface area contributed by atoms with Crippen molar-refractivity contribution < 1.29 is 9.90 Å². The molecule has 3 nitrogen and oxygen atoms in total. The highest BCUT2D eigenvalue weighted by Gasteiger charge is 2.22. The molecule has 0 radical (unpaired) electrons. The van der Waals surface area contributed by atoms with Gasteiger partial charge in [0.15, 0.2) is 5.78 Å². The molecule has 1 atom stereocenters. The molecule has 1 aliphatic rings. The van der Waals surface area contributed by atoms with Crippen LogP contribution in [0.25, 0.3) is 0 Å². The number of Topliss-reactive ketones (excluding diaryl/α,β-unsaturated/α-hetero) is 1. The second-order valence-corrected chi connectivity index (χ2v) is 4.82. The third kappa shape index (κ3) is 2.98. The number of carbonyl (C=O) groups is 1. The smallest absolute Gasteiger partial charge is 0.161 e. The summed E-state index contributed by atoms with van der Waals surface area (Å²) in [6.07, 6.45) is 7.28. The standard InChI is InChI=1S/C14H16ClNO2/c15-6-5-10-7-11(9-16-8-10)14(18)12-3-1-2-4-13(12)17/h3,7-9,14,18H,1-2,4-6H2. The monoisotopic (exact) mass is 265 g/mol. The molecule has 1 aromatic heterocycles. The van der Waals surface area contributed by atoms with Gasteiger partial charge in [-0.3, -0.25) is 9.78 Å². The van der Waals surface area contributed by atoms with Crippen LogP contribution in [-0.4, -0.2) is 21.8 Å². The maximum Gasteiger partial charge on any atom is 0.161 e. The summed E-state index contributed by atoms with van der Waals surface area (Å²) in [5.41, 5.74) is 2.15. The SMILES string of the molecule is O=C1CCCC=C1C(O)c1cncc(CCCl)c1. The summed E-state index contributed by atoms with van der Waals surface area (Å²) in [7, 11) is 0. The van der Waals surface area contributed by atoms with Crippen molar-refractivity contribution in [3.63, 3.8) is 0 Å². The molecule has 0 amide bonds. The molecule has 1 aromatic rings. The predicted molar refractivity (Wildman–Crippen MR) is 70.6 cm³/mol. The molecule has 2 rings (SSSR count). The Morgan fingerprint density at radius 1 is 1.44 bits per heavy atom. The number of aryl methyl sites for hydroxylation is 1. The number of hydrogen-bond donors (Lipinski definition) is 1. The molecule has 0 aromatic carbocycles. The zero-order chi connectivity index (χ0) is 13.0. The molecule has 0 aliphatic heterocycles. The van der Waals surface area contributed by atoms with Gasteiger partial charge in [0.05, 0.1) is 0 Å². The Morgan fingerprint density at radius 2 is 2.28 bits per heavy atom. The number of hydrogen-bond acceptors (Lipinski definition) is 3. The fourth-order valence-electron chi connectivity index (χ4n) is 2.13. The first-order valence-electron chi connectivity index (χ1n) is 6.13. The van der Waals surface area contributed by atoms with Crippen molar-refractivity contribution in [3.05, 3.63) is 41.2 Å². The molecule has 0 spiro atoms. The number of alkyl halides is 1. The van der Waals surface area contributed by atoms with E-state index in [1.165, 1.54) is 0 Å². The molecule has 0 saturated heterocycles. The lowest BCUT2D eigenvalue weighted by Gasteiger charge is -2.18. The van der Waals surface area contributed by atoms with Gasteiger partial charge in [-0.2, -0.15) is 0 Å². The molecule has 1 aliphatic carbocycles.